The molecule has 0 aliphatic carbocycles. The van der Waals surface area contributed by atoms with Gasteiger partial charge in [-0.15, -0.1) is 0 Å². The van der Waals surface area contributed by atoms with Crippen LogP contribution in [0.4, 0.5) is 0 Å². The molecule has 0 aromatic heterocycles. The molecule has 0 fully saturated rings. The normalized spacial score (nSPS) is 12.2. The van der Waals surface area contributed by atoms with Crippen LogP contribution in [0, 0.1) is 6.92 Å². The molecule has 0 bridgehead atoms. The molecule has 0 radical (unpaired) electrons. The lowest BCUT2D eigenvalue weighted by Crippen LogP contribution is -2.00. The fourth-order valence-electron chi connectivity index (χ4n) is 1.08. The predicted octanol–water partition coefficient (Wildman–Crippen LogP) is 1.86. The van der Waals surface area contributed by atoms with Crippen molar-refractivity contribution in [3.63, 3.8) is 0 Å². The van der Waals surface area contributed by atoms with Gasteiger partial charge in [0.2, 0.25) is 0 Å². The van der Waals surface area contributed by atoms with E-state index in [0.29, 0.717) is 16.1 Å². The molecular formula is C9H10ClNO3S. The third kappa shape index (κ3) is 2.70. The Hall–Kier alpha value is -1.07. The third-order valence-corrected chi connectivity index (χ3v) is 3.47. The molecule has 0 atom stereocenters. The molecule has 0 heterocycles. The molecule has 0 amide bonds. The summed E-state index contributed by atoms with van der Waals surface area (Å²) >= 11 is 5.85. The van der Waals surface area contributed by atoms with Gasteiger partial charge in [-0.25, -0.2) is 8.42 Å². The molecule has 6 heteroatoms. The van der Waals surface area contributed by atoms with E-state index in [1.807, 2.05) is 0 Å². The minimum atomic E-state index is -3.31. The quantitative estimate of drug-likeness (QED) is 0.493. The van der Waals surface area contributed by atoms with E-state index >= 15 is 0 Å². The zero-order valence-electron chi connectivity index (χ0n) is 8.23. The van der Waals surface area contributed by atoms with Gasteiger partial charge in [0.1, 0.15) is 0 Å². The van der Waals surface area contributed by atoms with E-state index in [1.165, 1.54) is 12.1 Å². The van der Waals surface area contributed by atoms with Crippen LogP contribution in [0.25, 0.3) is 0 Å². The average Bonchev–Trinajstić information content (AvgIpc) is 2.11. The first-order valence-corrected chi connectivity index (χ1v) is 6.31. The molecule has 0 saturated carbocycles. The van der Waals surface area contributed by atoms with Crippen LogP contribution in [0.3, 0.4) is 0 Å². The van der Waals surface area contributed by atoms with Crippen LogP contribution in [-0.4, -0.2) is 26.1 Å². The van der Waals surface area contributed by atoms with E-state index < -0.39 is 9.84 Å². The van der Waals surface area contributed by atoms with Crippen LogP contribution < -0.4 is 0 Å². The second-order valence-electron chi connectivity index (χ2n) is 3.14. The van der Waals surface area contributed by atoms with Crippen LogP contribution in [0.15, 0.2) is 22.2 Å². The van der Waals surface area contributed by atoms with Crippen molar-refractivity contribution in [1.82, 2.24) is 0 Å². The minimum Gasteiger partial charge on any atom is -0.411 e. The smallest absolute Gasteiger partial charge is 0.175 e. The fourth-order valence-corrected chi connectivity index (χ4v) is 2.05. The second kappa shape index (κ2) is 4.20. The lowest BCUT2D eigenvalue weighted by atomic mass is 10.1. The summed E-state index contributed by atoms with van der Waals surface area (Å²) in [5.41, 5.74) is 1.15. The molecule has 1 N–H and O–H groups in total. The Bertz CT molecular complexity index is 508. The molecule has 1 rings (SSSR count). The van der Waals surface area contributed by atoms with Crippen LogP contribution in [0.2, 0.25) is 5.02 Å². The van der Waals surface area contributed by atoms with E-state index in [2.05, 4.69) is 5.16 Å². The largest absolute Gasteiger partial charge is 0.411 e. The maximum absolute atomic E-state index is 11.3. The molecular weight excluding hydrogens is 238 g/mol. The van der Waals surface area contributed by atoms with Crippen molar-refractivity contribution >= 4 is 27.7 Å². The van der Waals surface area contributed by atoms with Gasteiger partial charge in [0.25, 0.3) is 0 Å². The summed E-state index contributed by atoms with van der Waals surface area (Å²) in [4.78, 5) is 0.105. The summed E-state index contributed by atoms with van der Waals surface area (Å²) in [5, 5.41) is 11.6. The molecule has 82 valence electrons. The lowest BCUT2D eigenvalue weighted by molar-refractivity contribution is 0.322. The molecule has 1 aromatic carbocycles. The summed E-state index contributed by atoms with van der Waals surface area (Å²) in [6.07, 6.45) is 2.24. The number of halogens is 1. The zero-order chi connectivity index (χ0) is 11.6. The van der Waals surface area contributed by atoms with Crippen molar-refractivity contribution in [2.45, 2.75) is 11.8 Å². The van der Waals surface area contributed by atoms with Gasteiger partial charge >= 0.3 is 0 Å². The average molecular weight is 248 g/mol. The topological polar surface area (TPSA) is 66.7 Å². The highest BCUT2D eigenvalue weighted by Gasteiger charge is 2.11. The molecule has 0 saturated heterocycles. The van der Waals surface area contributed by atoms with Crippen molar-refractivity contribution in [1.29, 1.82) is 0 Å². The Morgan fingerprint density at radius 2 is 2.07 bits per heavy atom. The zero-order valence-corrected chi connectivity index (χ0v) is 9.80. The maximum atomic E-state index is 11.3. The Morgan fingerprint density at radius 3 is 2.53 bits per heavy atom. The highest BCUT2D eigenvalue weighted by Crippen LogP contribution is 2.23. The summed E-state index contributed by atoms with van der Waals surface area (Å²) in [7, 11) is -3.31. The van der Waals surface area contributed by atoms with Crippen molar-refractivity contribution < 1.29 is 13.6 Å². The van der Waals surface area contributed by atoms with Crippen LogP contribution in [-0.2, 0) is 9.84 Å². The summed E-state index contributed by atoms with van der Waals surface area (Å²) in [6, 6.07) is 2.79. The highest BCUT2D eigenvalue weighted by molar-refractivity contribution is 7.90. The second-order valence-corrected chi connectivity index (χ2v) is 5.56. The first-order chi connectivity index (χ1) is 6.86. The van der Waals surface area contributed by atoms with Crippen LogP contribution in [0.1, 0.15) is 11.1 Å². The maximum Gasteiger partial charge on any atom is 0.175 e. The van der Waals surface area contributed by atoms with Gasteiger partial charge < -0.3 is 5.21 Å². The van der Waals surface area contributed by atoms with E-state index in [-0.39, 0.29) is 4.90 Å². The van der Waals surface area contributed by atoms with Crippen molar-refractivity contribution in [3.8, 4) is 0 Å². The SMILES string of the molecule is Cc1c(Cl)cc(S(C)(=O)=O)cc1C=NO. The Kier molecular flexibility index (Phi) is 3.36. The first-order valence-electron chi connectivity index (χ1n) is 4.04. The van der Waals surface area contributed by atoms with E-state index in [1.54, 1.807) is 6.92 Å². The van der Waals surface area contributed by atoms with Gasteiger partial charge in [0.05, 0.1) is 11.1 Å². The molecule has 0 aliphatic heterocycles. The van der Waals surface area contributed by atoms with Gasteiger partial charge in [-0.3, -0.25) is 0 Å². The van der Waals surface area contributed by atoms with Gasteiger partial charge in [-0.1, -0.05) is 16.8 Å². The molecule has 4 nitrogen and oxygen atoms in total. The summed E-state index contributed by atoms with van der Waals surface area (Å²) < 4.78 is 22.6. The van der Waals surface area contributed by atoms with Gasteiger partial charge in [-0.05, 0) is 24.6 Å². The van der Waals surface area contributed by atoms with Crippen LogP contribution in [0.5, 0.6) is 0 Å². The lowest BCUT2D eigenvalue weighted by Gasteiger charge is -2.05. The number of hydrogen-bond donors (Lipinski definition) is 1. The third-order valence-electron chi connectivity index (χ3n) is 1.98. The first kappa shape index (κ1) is 12.0. The highest BCUT2D eigenvalue weighted by atomic mass is 35.5. The molecule has 0 unspecified atom stereocenters. The number of benzene rings is 1. The Labute approximate surface area is 93.1 Å². The molecule has 0 aliphatic rings. The number of rotatable bonds is 2. The van der Waals surface area contributed by atoms with E-state index in [0.717, 1.165) is 12.5 Å². The Balaban J connectivity index is 3.50. The van der Waals surface area contributed by atoms with Crippen molar-refractivity contribution in [2.24, 2.45) is 5.16 Å². The summed E-state index contributed by atoms with van der Waals surface area (Å²) in [5.74, 6) is 0. The summed E-state index contributed by atoms with van der Waals surface area (Å²) in [6.45, 7) is 1.71. The van der Waals surface area contributed by atoms with Gasteiger partial charge in [-0.2, -0.15) is 0 Å². The molecule has 15 heavy (non-hydrogen) atoms. The number of sulfone groups is 1. The van der Waals surface area contributed by atoms with E-state index in [4.69, 9.17) is 16.8 Å². The number of hydrogen-bond acceptors (Lipinski definition) is 4. The van der Waals surface area contributed by atoms with Crippen LogP contribution >= 0.6 is 11.6 Å². The van der Waals surface area contributed by atoms with Crippen molar-refractivity contribution in [2.75, 3.05) is 6.26 Å². The van der Waals surface area contributed by atoms with Crippen molar-refractivity contribution in [3.05, 3.63) is 28.3 Å². The predicted molar refractivity (Wildman–Crippen MR) is 58.7 cm³/mol. The Morgan fingerprint density at radius 1 is 1.47 bits per heavy atom. The number of oxime groups is 1. The van der Waals surface area contributed by atoms with Gasteiger partial charge in [0.15, 0.2) is 9.84 Å². The molecule has 0 spiro atoms. The van der Waals surface area contributed by atoms with E-state index in [9.17, 15) is 8.42 Å². The monoisotopic (exact) mass is 247 g/mol. The molecule has 1 aromatic rings. The number of nitrogens with zero attached hydrogens (tertiary/aromatic N) is 1. The van der Waals surface area contributed by atoms with Gasteiger partial charge in [0, 0.05) is 16.8 Å². The standard InChI is InChI=1S/C9H10ClNO3S/c1-6-7(5-11-12)3-8(4-9(6)10)15(2,13)14/h3-5,12H,1-2H3. The fraction of sp³-hybridized carbons (Fsp3) is 0.222. The minimum absolute atomic E-state index is 0.105.